The topological polar surface area (TPSA) is 76.7 Å². The normalized spacial score (nSPS) is 14.2. The van der Waals surface area contributed by atoms with E-state index in [9.17, 15) is 9.59 Å². The van der Waals surface area contributed by atoms with Crippen LogP contribution in [-0.2, 0) is 14.1 Å². The molecule has 1 fully saturated rings. The Balaban J connectivity index is 1.32. The zero-order valence-corrected chi connectivity index (χ0v) is 25.5. The summed E-state index contributed by atoms with van der Waals surface area (Å²) < 4.78 is 10.6. The second-order valence-electron chi connectivity index (χ2n) is 11.1. The minimum absolute atomic E-state index is 0.0563. The van der Waals surface area contributed by atoms with Gasteiger partial charge in [-0.2, -0.15) is 0 Å². The lowest BCUT2D eigenvalue weighted by Gasteiger charge is -2.21. The molecule has 9 heteroatoms. The second kappa shape index (κ2) is 20.6. The third-order valence-electron chi connectivity index (χ3n) is 7.05. The minimum atomic E-state index is -0.486. The number of hydrogen-bond acceptors (Lipinski definition) is 5. The van der Waals surface area contributed by atoms with E-state index in [4.69, 9.17) is 32.5 Å². The first-order valence-corrected chi connectivity index (χ1v) is 15.8. The van der Waals surface area contributed by atoms with Crippen molar-refractivity contribution in [2.75, 3.05) is 13.1 Å². The molecule has 1 saturated heterocycles. The monoisotopic (exact) mass is 581 g/mol. The molecular formula is C30H48BCl2N2O4. The van der Waals surface area contributed by atoms with Crippen molar-refractivity contribution >= 4 is 42.2 Å². The van der Waals surface area contributed by atoms with Gasteiger partial charge in [0.15, 0.2) is 6.61 Å². The van der Waals surface area contributed by atoms with Crippen LogP contribution in [0.5, 0.6) is 0 Å². The van der Waals surface area contributed by atoms with Gasteiger partial charge in [0.1, 0.15) is 0 Å². The zero-order valence-electron chi connectivity index (χ0n) is 24.0. The van der Waals surface area contributed by atoms with E-state index in [2.05, 4.69) is 24.5 Å². The SMILES string of the molecule is CC(C)C[C@H](NCCCCCCCCCCCCCCCCNC(=O)c1cc(Cl)ccc1Cl)B1O[CH]C(=O)O1. The molecule has 1 aliphatic heterocycles. The quantitative estimate of drug-likeness (QED) is 0.107. The van der Waals surface area contributed by atoms with Crippen molar-refractivity contribution in [2.45, 2.75) is 116 Å². The maximum Gasteiger partial charge on any atom is 0.546 e. The maximum atomic E-state index is 12.2. The van der Waals surface area contributed by atoms with Crippen molar-refractivity contribution in [2.24, 2.45) is 5.92 Å². The second-order valence-corrected chi connectivity index (χ2v) is 11.9. The van der Waals surface area contributed by atoms with E-state index < -0.39 is 7.12 Å². The molecule has 0 bridgehead atoms. The predicted octanol–water partition coefficient (Wildman–Crippen LogP) is 7.95. The fourth-order valence-electron chi connectivity index (χ4n) is 4.90. The molecule has 1 atom stereocenters. The van der Waals surface area contributed by atoms with Crippen molar-refractivity contribution in [3.8, 4) is 0 Å². The lowest BCUT2D eigenvalue weighted by molar-refractivity contribution is -0.130. The molecule has 0 unspecified atom stereocenters. The summed E-state index contributed by atoms with van der Waals surface area (Å²) in [5.41, 5.74) is 0.438. The van der Waals surface area contributed by atoms with Crippen LogP contribution >= 0.6 is 23.2 Å². The number of carbonyl (C=O) groups is 2. The number of rotatable bonds is 22. The summed E-state index contributed by atoms with van der Waals surface area (Å²) in [6, 6.07) is 4.94. The van der Waals surface area contributed by atoms with Crippen LogP contribution in [0.4, 0.5) is 0 Å². The number of unbranched alkanes of at least 4 members (excludes halogenated alkanes) is 13. The van der Waals surface area contributed by atoms with Crippen LogP contribution in [0, 0.1) is 12.5 Å². The molecule has 1 radical (unpaired) electrons. The Hall–Kier alpha value is -1.28. The van der Waals surface area contributed by atoms with E-state index >= 15 is 0 Å². The standard InChI is InChI=1S/C30H48BCl2N2O4/c1-24(2)21-28(31-38-23-29(36)39-31)34-19-15-13-11-9-7-5-3-4-6-8-10-12-14-16-20-35-30(37)26-22-25(32)17-18-27(26)33/h17-18,22-24,28,34H,3-16,19-21H2,1-2H3,(H,35,37)/t28-/m0/s1. The van der Waals surface area contributed by atoms with Crippen molar-refractivity contribution < 1.29 is 18.9 Å². The van der Waals surface area contributed by atoms with E-state index in [0.717, 1.165) is 32.2 Å². The first-order valence-electron chi connectivity index (χ1n) is 15.0. The third kappa shape index (κ3) is 15.3. The van der Waals surface area contributed by atoms with Crippen LogP contribution in [0.1, 0.15) is 121 Å². The molecule has 2 N–H and O–H groups in total. The molecule has 1 aromatic rings. The molecule has 1 amide bonds. The molecule has 1 heterocycles. The minimum Gasteiger partial charge on any atom is -0.507 e. The Bertz CT molecular complexity index is 843. The third-order valence-corrected chi connectivity index (χ3v) is 7.62. The molecule has 6 nitrogen and oxygen atoms in total. The highest BCUT2D eigenvalue weighted by Crippen LogP contribution is 2.20. The van der Waals surface area contributed by atoms with Gasteiger partial charge in [0.2, 0.25) is 0 Å². The Kier molecular flexibility index (Phi) is 17.9. The van der Waals surface area contributed by atoms with Gasteiger partial charge in [-0.25, -0.2) is 0 Å². The Morgan fingerprint density at radius 2 is 1.38 bits per heavy atom. The summed E-state index contributed by atoms with van der Waals surface area (Å²) in [5.74, 6) is 0.0282. The summed E-state index contributed by atoms with van der Waals surface area (Å²) in [4.78, 5) is 23.5. The fourth-order valence-corrected chi connectivity index (χ4v) is 5.27. The van der Waals surface area contributed by atoms with Crippen LogP contribution < -0.4 is 10.6 Å². The average Bonchev–Trinajstić information content (AvgIpc) is 3.34. The largest absolute Gasteiger partial charge is 0.546 e. The van der Waals surface area contributed by atoms with Gasteiger partial charge in [-0.15, -0.1) is 0 Å². The molecule has 39 heavy (non-hydrogen) atoms. The highest BCUT2D eigenvalue weighted by Gasteiger charge is 2.39. The predicted molar refractivity (Wildman–Crippen MR) is 162 cm³/mol. The average molecular weight is 582 g/mol. The van der Waals surface area contributed by atoms with Gasteiger partial charge in [0.25, 0.3) is 5.91 Å². The van der Waals surface area contributed by atoms with Crippen molar-refractivity contribution in [3.63, 3.8) is 0 Å². The van der Waals surface area contributed by atoms with E-state index in [0.29, 0.717) is 28.1 Å². The summed E-state index contributed by atoms with van der Waals surface area (Å²) in [5, 5.41) is 7.41. The van der Waals surface area contributed by atoms with E-state index in [1.807, 2.05) is 0 Å². The van der Waals surface area contributed by atoms with Crippen LogP contribution in [0.2, 0.25) is 10.0 Å². The van der Waals surface area contributed by atoms with Gasteiger partial charge in [0, 0.05) is 11.6 Å². The van der Waals surface area contributed by atoms with Crippen LogP contribution in [0.3, 0.4) is 0 Å². The van der Waals surface area contributed by atoms with Crippen LogP contribution in [0.15, 0.2) is 18.2 Å². The van der Waals surface area contributed by atoms with E-state index in [-0.39, 0.29) is 17.8 Å². The van der Waals surface area contributed by atoms with Gasteiger partial charge in [0.05, 0.1) is 16.5 Å². The Labute approximate surface area is 246 Å². The van der Waals surface area contributed by atoms with Crippen LogP contribution in [-0.4, -0.2) is 38.0 Å². The first-order chi connectivity index (χ1) is 18.9. The van der Waals surface area contributed by atoms with Gasteiger partial charge in [-0.05, 0) is 49.9 Å². The number of benzene rings is 1. The summed E-state index contributed by atoms with van der Waals surface area (Å²) >= 11 is 12.0. The molecule has 2 rings (SSSR count). The van der Waals surface area contributed by atoms with Crippen molar-refractivity contribution in [3.05, 3.63) is 40.4 Å². The van der Waals surface area contributed by atoms with Crippen LogP contribution in [0.25, 0.3) is 0 Å². The van der Waals surface area contributed by atoms with Crippen molar-refractivity contribution in [1.82, 2.24) is 10.6 Å². The molecule has 219 valence electrons. The fraction of sp³-hybridized carbons (Fsp3) is 0.700. The summed E-state index contributed by atoms with van der Waals surface area (Å²) in [7, 11) is -0.486. The number of nitrogens with one attached hydrogen (secondary N) is 2. The smallest absolute Gasteiger partial charge is 0.507 e. The summed E-state index contributed by atoms with van der Waals surface area (Å²) in [6.07, 6.45) is 18.5. The van der Waals surface area contributed by atoms with Gasteiger partial charge in [-0.1, -0.05) is 114 Å². The Morgan fingerprint density at radius 3 is 1.90 bits per heavy atom. The highest BCUT2D eigenvalue weighted by molar-refractivity contribution is 6.51. The van der Waals surface area contributed by atoms with Gasteiger partial charge in [-0.3, -0.25) is 9.59 Å². The molecule has 0 aromatic heterocycles. The molecule has 1 aliphatic rings. The lowest BCUT2D eigenvalue weighted by atomic mass is 9.74. The van der Waals surface area contributed by atoms with Gasteiger partial charge >= 0.3 is 13.1 Å². The molecular weight excluding hydrogens is 534 g/mol. The number of halogens is 2. The Morgan fingerprint density at radius 1 is 0.846 bits per heavy atom. The molecule has 0 spiro atoms. The van der Waals surface area contributed by atoms with Gasteiger partial charge < -0.3 is 19.9 Å². The summed E-state index contributed by atoms with van der Waals surface area (Å²) in [6.45, 7) is 7.11. The van der Waals surface area contributed by atoms with E-state index in [1.54, 1.807) is 18.2 Å². The van der Waals surface area contributed by atoms with E-state index in [1.165, 1.54) is 77.2 Å². The maximum absolute atomic E-state index is 12.2. The van der Waals surface area contributed by atoms with Crippen molar-refractivity contribution in [1.29, 1.82) is 0 Å². The zero-order chi connectivity index (χ0) is 28.3. The first kappa shape index (κ1) is 33.9. The molecule has 1 aromatic carbocycles. The number of amides is 1. The molecule has 0 saturated carbocycles. The number of hydrogen-bond donors (Lipinski definition) is 2. The highest BCUT2D eigenvalue weighted by atomic mass is 35.5. The lowest BCUT2D eigenvalue weighted by Crippen LogP contribution is -2.45. The molecule has 0 aliphatic carbocycles. The number of carbonyl (C=O) groups excluding carboxylic acids is 2.